The van der Waals surface area contributed by atoms with Crippen molar-refractivity contribution in [1.82, 2.24) is 9.88 Å². The molecule has 138 valence electrons. The van der Waals surface area contributed by atoms with Gasteiger partial charge < -0.3 is 33.7 Å². The quantitative estimate of drug-likeness (QED) is 0.810. The van der Waals surface area contributed by atoms with Crippen molar-refractivity contribution in [3.63, 3.8) is 0 Å². The number of likely N-dealkylation sites (tertiary alicyclic amines) is 1. The largest absolute Gasteiger partial charge is 0.484 e. The third-order valence-corrected chi connectivity index (χ3v) is 4.31. The molecule has 3 heterocycles. The molecular weight excluding hydrogens is 344 g/mol. The summed E-state index contributed by atoms with van der Waals surface area (Å²) in [7, 11) is 0. The number of aliphatic hydroxyl groups is 2. The van der Waals surface area contributed by atoms with E-state index in [1.54, 1.807) is 18.2 Å². The molecule has 2 aliphatic heterocycles. The van der Waals surface area contributed by atoms with Crippen LogP contribution in [-0.2, 0) is 6.61 Å². The van der Waals surface area contributed by atoms with Crippen LogP contribution in [-0.4, -0.2) is 58.1 Å². The number of hydrogen-bond acceptors (Lipinski definition) is 8. The van der Waals surface area contributed by atoms with E-state index in [1.165, 1.54) is 11.2 Å². The maximum atomic E-state index is 12.4. The molecule has 26 heavy (non-hydrogen) atoms. The predicted molar refractivity (Wildman–Crippen MR) is 85.9 cm³/mol. The summed E-state index contributed by atoms with van der Waals surface area (Å²) >= 11 is 0. The molecule has 0 spiro atoms. The fourth-order valence-electron chi connectivity index (χ4n) is 2.85. The molecule has 2 aromatic rings. The molecule has 0 radical (unpaired) electrons. The standard InChI is InChI=1S/C17H18N2O7/c20-12-3-4-19(6-13(12)21)17(22)11-7-24-16(18-11)8-23-10-1-2-14-15(5-10)26-9-25-14/h1-2,5,7,12-13,20-21H,3-4,6,8-9H2/t12-,13-/m1/s1. The Morgan fingerprint density at radius 3 is 2.96 bits per heavy atom. The normalized spacial score (nSPS) is 21.7. The Morgan fingerprint density at radius 2 is 2.12 bits per heavy atom. The Kier molecular flexibility index (Phi) is 4.39. The SMILES string of the molecule is O=C(c1coc(COc2ccc3c(c2)OCO3)n1)N1CC[C@@H](O)[C@H](O)C1. The predicted octanol–water partition coefficient (Wildman–Crippen LogP) is 0.550. The van der Waals surface area contributed by atoms with E-state index in [2.05, 4.69) is 4.98 Å². The Labute approximate surface area is 148 Å². The molecule has 4 rings (SSSR count). The van der Waals surface area contributed by atoms with Crippen LogP contribution in [0.3, 0.4) is 0 Å². The fourth-order valence-corrected chi connectivity index (χ4v) is 2.85. The van der Waals surface area contributed by atoms with E-state index in [-0.39, 0.29) is 37.4 Å². The van der Waals surface area contributed by atoms with Gasteiger partial charge in [-0.2, -0.15) is 0 Å². The van der Waals surface area contributed by atoms with Gasteiger partial charge >= 0.3 is 0 Å². The molecular formula is C17H18N2O7. The highest BCUT2D eigenvalue weighted by Gasteiger charge is 2.30. The first-order valence-corrected chi connectivity index (χ1v) is 8.22. The summed E-state index contributed by atoms with van der Waals surface area (Å²) in [4.78, 5) is 18.0. The lowest BCUT2D eigenvalue weighted by Crippen LogP contribution is -2.49. The lowest BCUT2D eigenvalue weighted by atomic mass is 10.0. The van der Waals surface area contributed by atoms with Crippen molar-refractivity contribution in [3.05, 3.63) is 36.0 Å². The second-order valence-corrected chi connectivity index (χ2v) is 6.10. The summed E-state index contributed by atoms with van der Waals surface area (Å²) in [6.45, 7) is 0.656. The van der Waals surface area contributed by atoms with Gasteiger partial charge in [-0.05, 0) is 18.6 Å². The van der Waals surface area contributed by atoms with Crippen LogP contribution in [0.25, 0.3) is 0 Å². The fraction of sp³-hybridized carbons (Fsp3) is 0.412. The number of aromatic nitrogens is 1. The molecule has 1 amide bonds. The number of hydrogen-bond donors (Lipinski definition) is 2. The monoisotopic (exact) mass is 362 g/mol. The van der Waals surface area contributed by atoms with Crippen molar-refractivity contribution in [3.8, 4) is 17.2 Å². The van der Waals surface area contributed by atoms with Gasteiger partial charge in [-0.1, -0.05) is 0 Å². The number of β-amino-alcohol motifs (C(OH)–C–C–N with tert-alkyl or cyclic N) is 1. The summed E-state index contributed by atoms with van der Waals surface area (Å²) in [5.41, 5.74) is 0.137. The van der Waals surface area contributed by atoms with Crippen LogP contribution in [0, 0.1) is 0 Å². The smallest absolute Gasteiger partial charge is 0.275 e. The van der Waals surface area contributed by atoms with Crippen molar-refractivity contribution in [2.24, 2.45) is 0 Å². The molecule has 2 N–H and O–H groups in total. The van der Waals surface area contributed by atoms with Crippen molar-refractivity contribution >= 4 is 5.91 Å². The maximum absolute atomic E-state index is 12.4. The highest BCUT2D eigenvalue weighted by Crippen LogP contribution is 2.35. The first-order chi connectivity index (χ1) is 12.6. The van der Waals surface area contributed by atoms with Gasteiger partial charge in [0, 0.05) is 19.2 Å². The summed E-state index contributed by atoms with van der Waals surface area (Å²) in [6.07, 6.45) is -0.168. The van der Waals surface area contributed by atoms with Crippen LogP contribution in [0.1, 0.15) is 22.8 Å². The number of carbonyl (C=O) groups is 1. The van der Waals surface area contributed by atoms with Crippen LogP contribution in [0.2, 0.25) is 0 Å². The van der Waals surface area contributed by atoms with Crippen LogP contribution >= 0.6 is 0 Å². The molecule has 0 aliphatic carbocycles. The summed E-state index contributed by atoms with van der Waals surface area (Å²) in [5, 5.41) is 19.2. The Morgan fingerprint density at radius 1 is 1.27 bits per heavy atom. The molecule has 2 aliphatic rings. The second kappa shape index (κ2) is 6.85. The zero-order valence-corrected chi connectivity index (χ0v) is 13.8. The number of piperidine rings is 1. The molecule has 1 aromatic heterocycles. The molecule has 9 heteroatoms. The average Bonchev–Trinajstić information content (AvgIpc) is 3.30. The van der Waals surface area contributed by atoms with Crippen molar-refractivity contribution in [1.29, 1.82) is 0 Å². The summed E-state index contributed by atoms with van der Waals surface area (Å²) in [6, 6.07) is 5.19. The highest BCUT2D eigenvalue weighted by molar-refractivity contribution is 5.92. The van der Waals surface area contributed by atoms with E-state index >= 15 is 0 Å². The van der Waals surface area contributed by atoms with Crippen LogP contribution in [0.4, 0.5) is 0 Å². The number of aliphatic hydroxyl groups excluding tert-OH is 2. The zero-order chi connectivity index (χ0) is 18.1. The number of oxazole rings is 1. The van der Waals surface area contributed by atoms with Gasteiger partial charge in [0.05, 0.1) is 12.2 Å². The van der Waals surface area contributed by atoms with Gasteiger partial charge in [-0.15, -0.1) is 0 Å². The zero-order valence-electron chi connectivity index (χ0n) is 13.8. The van der Waals surface area contributed by atoms with Gasteiger partial charge in [0.15, 0.2) is 23.8 Å². The number of nitrogens with zero attached hydrogens (tertiary/aromatic N) is 2. The molecule has 1 aromatic carbocycles. The first-order valence-electron chi connectivity index (χ1n) is 8.22. The van der Waals surface area contributed by atoms with E-state index < -0.39 is 12.2 Å². The Balaban J connectivity index is 1.36. The molecule has 1 saturated heterocycles. The van der Waals surface area contributed by atoms with E-state index in [4.69, 9.17) is 18.6 Å². The number of carbonyl (C=O) groups excluding carboxylic acids is 1. The lowest BCUT2D eigenvalue weighted by Gasteiger charge is -2.32. The number of amides is 1. The van der Waals surface area contributed by atoms with Crippen molar-refractivity contribution in [2.75, 3.05) is 19.9 Å². The summed E-state index contributed by atoms with van der Waals surface area (Å²) in [5.74, 6) is 1.73. The van der Waals surface area contributed by atoms with Gasteiger partial charge in [0.25, 0.3) is 5.91 Å². The van der Waals surface area contributed by atoms with E-state index in [0.29, 0.717) is 30.2 Å². The minimum absolute atomic E-state index is 0.0499. The maximum Gasteiger partial charge on any atom is 0.275 e. The highest BCUT2D eigenvalue weighted by atomic mass is 16.7. The van der Waals surface area contributed by atoms with Gasteiger partial charge in [0.1, 0.15) is 12.0 Å². The molecule has 2 atom stereocenters. The average molecular weight is 362 g/mol. The minimum atomic E-state index is -0.951. The van der Waals surface area contributed by atoms with Gasteiger partial charge in [-0.25, -0.2) is 4.98 Å². The van der Waals surface area contributed by atoms with Crippen LogP contribution in [0.15, 0.2) is 28.9 Å². The number of benzene rings is 1. The van der Waals surface area contributed by atoms with Crippen LogP contribution in [0.5, 0.6) is 17.2 Å². The third-order valence-electron chi connectivity index (χ3n) is 4.31. The summed E-state index contributed by atoms with van der Waals surface area (Å²) < 4.78 is 21.4. The lowest BCUT2D eigenvalue weighted by molar-refractivity contribution is -0.0323. The van der Waals surface area contributed by atoms with E-state index in [9.17, 15) is 15.0 Å². The molecule has 0 bridgehead atoms. The third kappa shape index (κ3) is 3.31. The van der Waals surface area contributed by atoms with E-state index in [1.807, 2.05) is 0 Å². The Bertz CT molecular complexity index is 806. The van der Waals surface area contributed by atoms with Crippen LogP contribution < -0.4 is 14.2 Å². The number of fused-ring (bicyclic) bond motifs is 1. The minimum Gasteiger partial charge on any atom is -0.484 e. The molecule has 9 nitrogen and oxygen atoms in total. The van der Waals surface area contributed by atoms with E-state index in [0.717, 1.165) is 0 Å². The van der Waals surface area contributed by atoms with Gasteiger partial charge in [-0.3, -0.25) is 4.79 Å². The number of ether oxygens (including phenoxy) is 3. The molecule has 0 saturated carbocycles. The molecule has 1 fully saturated rings. The first kappa shape index (κ1) is 16.7. The second-order valence-electron chi connectivity index (χ2n) is 6.10. The number of rotatable bonds is 4. The topological polar surface area (TPSA) is 114 Å². The van der Waals surface area contributed by atoms with Crippen molar-refractivity contribution in [2.45, 2.75) is 25.2 Å². The Hall–Kier alpha value is -2.78. The molecule has 0 unspecified atom stereocenters. The van der Waals surface area contributed by atoms with Gasteiger partial charge in [0.2, 0.25) is 12.7 Å². The van der Waals surface area contributed by atoms with Crippen molar-refractivity contribution < 1.29 is 33.6 Å².